The molecule has 1 aliphatic heterocycles. The minimum absolute atomic E-state index is 0.0863. The summed E-state index contributed by atoms with van der Waals surface area (Å²) in [6.45, 7) is 6.90. The van der Waals surface area contributed by atoms with Crippen LogP contribution < -0.4 is 5.32 Å². The first-order chi connectivity index (χ1) is 11.3. The minimum atomic E-state index is -0.425. The van der Waals surface area contributed by atoms with Crippen LogP contribution in [0.25, 0.3) is 0 Å². The van der Waals surface area contributed by atoms with Gasteiger partial charge in [-0.25, -0.2) is 0 Å². The van der Waals surface area contributed by atoms with Gasteiger partial charge in [-0.2, -0.15) is 5.10 Å². The molecule has 8 heteroatoms. The van der Waals surface area contributed by atoms with E-state index in [9.17, 15) is 14.4 Å². The zero-order valence-electron chi connectivity index (χ0n) is 14.7. The Morgan fingerprint density at radius 2 is 1.83 bits per heavy atom. The Morgan fingerprint density at radius 1 is 1.21 bits per heavy atom. The molecular formula is C16H25N5O3. The zero-order chi connectivity index (χ0) is 17.9. The third-order valence-corrected chi connectivity index (χ3v) is 4.32. The van der Waals surface area contributed by atoms with E-state index < -0.39 is 5.92 Å². The van der Waals surface area contributed by atoms with Gasteiger partial charge < -0.3 is 15.1 Å². The second-order valence-corrected chi connectivity index (χ2v) is 6.20. The number of aryl methyl sites for hydroxylation is 2. The van der Waals surface area contributed by atoms with Gasteiger partial charge in [0.15, 0.2) is 0 Å². The van der Waals surface area contributed by atoms with Crippen molar-refractivity contribution in [3.05, 3.63) is 17.5 Å². The number of nitrogens with zero attached hydrogens (tertiary/aromatic N) is 4. The summed E-state index contributed by atoms with van der Waals surface area (Å²) in [5.41, 5.74) is 1.78. The second kappa shape index (κ2) is 7.46. The molecule has 1 atom stereocenters. The van der Waals surface area contributed by atoms with Gasteiger partial charge >= 0.3 is 0 Å². The van der Waals surface area contributed by atoms with Crippen molar-refractivity contribution in [3.8, 4) is 0 Å². The van der Waals surface area contributed by atoms with E-state index in [4.69, 9.17) is 0 Å². The van der Waals surface area contributed by atoms with Crippen molar-refractivity contribution >= 4 is 17.7 Å². The maximum Gasteiger partial charge on any atom is 0.244 e. The summed E-state index contributed by atoms with van der Waals surface area (Å²) in [5, 5.41) is 6.92. The Balaban J connectivity index is 2.12. The molecule has 2 heterocycles. The van der Waals surface area contributed by atoms with Crippen LogP contribution in [0.4, 0.5) is 0 Å². The molecular weight excluding hydrogens is 310 g/mol. The first-order valence-electron chi connectivity index (χ1n) is 8.07. The predicted molar refractivity (Wildman–Crippen MR) is 88.1 cm³/mol. The second-order valence-electron chi connectivity index (χ2n) is 6.20. The maximum atomic E-state index is 12.6. The van der Waals surface area contributed by atoms with Crippen molar-refractivity contribution in [3.63, 3.8) is 0 Å². The van der Waals surface area contributed by atoms with Crippen LogP contribution in [-0.2, 0) is 20.9 Å². The summed E-state index contributed by atoms with van der Waals surface area (Å²) in [6.07, 6.45) is 0. The van der Waals surface area contributed by atoms with E-state index in [0.29, 0.717) is 26.2 Å². The molecule has 24 heavy (non-hydrogen) atoms. The molecule has 2 rings (SSSR count). The monoisotopic (exact) mass is 335 g/mol. The first-order valence-corrected chi connectivity index (χ1v) is 8.07. The molecule has 0 radical (unpaired) electrons. The molecule has 0 saturated carbocycles. The summed E-state index contributed by atoms with van der Waals surface area (Å²) in [7, 11) is 1.56. The molecule has 1 fully saturated rings. The van der Waals surface area contributed by atoms with E-state index in [1.807, 2.05) is 19.9 Å². The highest BCUT2D eigenvalue weighted by atomic mass is 16.2. The van der Waals surface area contributed by atoms with Crippen LogP contribution in [0, 0.1) is 19.8 Å². The maximum absolute atomic E-state index is 12.6. The quantitative estimate of drug-likeness (QED) is 0.811. The molecule has 1 aliphatic rings. The average molecular weight is 335 g/mol. The van der Waals surface area contributed by atoms with E-state index in [2.05, 4.69) is 10.4 Å². The molecule has 0 aliphatic carbocycles. The van der Waals surface area contributed by atoms with Crippen molar-refractivity contribution < 1.29 is 14.4 Å². The fourth-order valence-corrected chi connectivity index (χ4v) is 2.96. The van der Waals surface area contributed by atoms with Crippen LogP contribution in [0.2, 0.25) is 0 Å². The van der Waals surface area contributed by atoms with Crippen LogP contribution in [0.5, 0.6) is 0 Å². The van der Waals surface area contributed by atoms with E-state index in [-0.39, 0.29) is 24.3 Å². The molecule has 1 aromatic rings. The summed E-state index contributed by atoms with van der Waals surface area (Å²) >= 11 is 0. The smallest absolute Gasteiger partial charge is 0.244 e. The number of hydrogen-bond donors (Lipinski definition) is 1. The largest absolute Gasteiger partial charge is 0.359 e. The van der Waals surface area contributed by atoms with Gasteiger partial charge in [-0.3, -0.25) is 19.1 Å². The Kier molecular flexibility index (Phi) is 5.58. The van der Waals surface area contributed by atoms with E-state index in [1.54, 1.807) is 21.5 Å². The predicted octanol–water partition coefficient (Wildman–Crippen LogP) is -0.447. The number of carbonyl (C=O) groups is 3. The standard InChI is InChI=1S/C16H25N5O3/c1-11-7-12(2)21(18-11)10-15(23)20-6-5-19(13(3)22)8-14(9-20)16(24)17-4/h7,14H,5-6,8-10H2,1-4H3,(H,17,24). The van der Waals surface area contributed by atoms with Gasteiger partial charge in [0, 0.05) is 45.8 Å². The third-order valence-electron chi connectivity index (χ3n) is 4.32. The van der Waals surface area contributed by atoms with Crippen molar-refractivity contribution in [1.82, 2.24) is 24.9 Å². The fourth-order valence-electron chi connectivity index (χ4n) is 2.96. The Labute approximate surface area is 141 Å². The first kappa shape index (κ1) is 18.0. The number of aromatic nitrogens is 2. The highest BCUT2D eigenvalue weighted by Gasteiger charge is 2.30. The number of hydrogen-bond acceptors (Lipinski definition) is 4. The molecule has 1 unspecified atom stereocenters. The fraction of sp³-hybridized carbons (Fsp3) is 0.625. The van der Waals surface area contributed by atoms with Gasteiger partial charge in [-0.05, 0) is 19.9 Å². The zero-order valence-corrected chi connectivity index (χ0v) is 14.7. The van der Waals surface area contributed by atoms with Crippen LogP contribution in [-0.4, -0.2) is 70.5 Å². The number of nitrogens with one attached hydrogen (secondary N) is 1. The molecule has 1 N–H and O–H groups in total. The summed E-state index contributed by atoms with van der Waals surface area (Å²) < 4.78 is 1.67. The van der Waals surface area contributed by atoms with E-state index >= 15 is 0 Å². The summed E-state index contributed by atoms with van der Waals surface area (Å²) in [5.74, 6) is -0.768. The minimum Gasteiger partial charge on any atom is -0.359 e. The molecule has 0 bridgehead atoms. The molecule has 0 spiro atoms. The van der Waals surface area contributed by atoms with Crippen LogP contribution in [0.1, 0.15) is 18.3 Å². The van der Waals surface area contributed by atoms with Crippen LogP contribution >= 0.6 is 0 Å². The van der Waals surface area contributed by atoms with Crippen LogP contribution in [0.15, 0.2) is 6.07 Å². The summed E-state index contributed by atoms with van der Waals surface area (Å²) in [6, 6.07) is 1.92. The topological polar surface area (TPSA) is 87.5 Å². The molecule has 3 amide bonds. The van der Waals surface area contributed by atoms with Gasteiger partial charge in [0.1, 0.15) is 6.54 Å². The molecule has 1 aromatic heterocycles. The molecule has 132 valence electrons. The summed E-state index contributed by atoms with van der Waals surface area (Å²) in [4.78, 5) is 39.7. The molecule has 1 saturated heterocycles. The van der Waals surface area contributed by atoms with Gasteiger partial charge in [0.05, 0.1) is 11.6 Å². The highest BCUT2D eigenvalue weighted by Crippen LogP contribution is 2.12. The van der Waals surface area contributed by atoms with Crippen LogP contribution in [0.3, 0.4) is 0 Å². The van der Waals surface area contributed by atoms with Gasteiger partial charge in [-0.1, -0.05) is 0 Å². The Bertz CT molecular complexity index is 640. The number of carbonyl (C=O) groups excluding carboxylic acids is 3. The van der Waals surface area contributed by atoms with E-state index in [0.717, 1.165) is 11.4 Å². The lowest BCUT2D eigenvalue weighted by atomic mass is 10.1. The average Bonchev–Trinajstić information content (AvgIpc) is 2.75. The molecule has 8 nitrogen and oxygen atoms in total. The SMILES string of the molecule is CNC(=O)C1CN(C(C)=O)CCN(C(=O)Cn2nc(C)cc2C)C1. The van der Waals surface area contributed by atoms with Crippen molar-refractivity contribution in [2.75, 3.05) is 33.2 Å². The lowest BCUT2D eigenvalue weighted by Gasteiger charge is -2.23. The Hall–Kier alpha value is -2.38. The van der Waals surface area contributed by atoms with Gasteiger partial charge in [0.25, 0.3) is 0 Å². The third kappa shape index (κ3) is 4.12. The van der Waals surface area contributed by atoms with Gasteiger partial charge in [-0.15, -0.1) is 0 Å². The molecule has 0 aromatic carbocycles. The van der Waals surface area contributed by atoms with Crippen molar-refractivity contribution in [2.45, 2.75) is 27.3 Å². The lowest BCUT2D eigenvalue weighted by molar-refractivity contribution is -0.133. The number of amides is 3. The normalized spacial score (nSPS) is 18.2. The van der Waals surface area contributed by atoms with Crippen molar-refractivity contribution in [1.29, 1.82) is 0 Å². The lowest BCUT2D eigenvalue weighted by Crippen LogP contribution is -2.42. The van der Waals surface area contributed by atoms with Gasteiger partial charge in [0.2, 0.25) is 17.7 Å². The highest BCUT2D eigenvalue weighted by molar-refractivity contribution is 5.82. The van der Waals surface area contributed by atoms with Crippen molar-refractivity contribution in [2.24, 2.45) is 5.92 Å². The number of rotatable bonds is 3. The Morgan fingerprint density at radius 3 is 2.38 bits per heavy atom. The van der Waals surface area contributed by atoms with E-state index in [1.165, 1.54) is 6.92 Å².